The molecular formula is C23H26BF3N2O4. The number of amides is 2. The van der Waals surface area contributed by atoms with Gasteiger partial charge in [0.15, 0.2) is 0 Å². The van der Waals surface area contributed by atoms with Gasteiger partial charge in [0.25, 0.3) is 5.91 Å². The lowest BCUT2D eigenvalue weighted by Gasteiger charge is -2.32. The molecule has 1 aliphatic heterocycles. The van der Waals surface area contributed by atoms with Crippen LogP contribution in [0.2, 0.25) is 0 Å². The summed E-state index contributed by atoms with van der Waals surface area (Å²) in [6, 6.07) is 9.86. The first kappa shape index (κ1) is 24.8. The number of alkyl halides is 3. The maximum Gasteiger partial charge on any atom is 0.494 e. The van der Waals surface area contributed by atoms with Crippen molar-refractivity contribution >= 4 is 24.4 Å². The number of nitrogens with one attached hydrogen (secondary N) is 1. The molecule has 3 N–H and O–H groups in total. The molecule has 1 fully saturated rings. The Bertz CT molecular complexity index is 1010. The van der Waals surface area contributed by atoms with Crippen molar-refractivity contribution in [2.75, 3.05) is 0 Å². The molecule has 1 atom stereocenters. The van der Waals surface area contributed by atoms with Gasteiger partial charge in [-0.1, -0.05) is 24.3 Å². The summed E-state index contributed by atoms with van der Waals surface area (Å²) in [6.45, 7) is 7.83. The smallest absolute Gasteiger partial charge is 0.399 e. The summed E-state index contributed by atoms with van der Waals surface area (Å²) < 4.78 is 50.1. The zero-order chi connectivity index (χ0) is 24.6. The summed E-state index contributed by atoms with van der Waals surface area (Å²) in [5.41, 5.74) is 5.15. The lowest BCUT2D eigenvalue weighted by atomic mass is 9.78. The van der Waals surface area contributed by atoms with E-state index in [0.717, 1.165) is 35.3 Å². The minimum absolute atomic E-state index is 0.00893. The van der Waals surface area contributed by atoms with E-state index in [9.17, 15) is 22.8 Å². The highest BCUT2D eigenvalue weighted by molar-refractivity contribution is 6.62. The Morgan fingerprint density at radius 3 is 1.94 bits per heavy atom. The number of benzene rings is 2. The third kappa shape index (κ3) is 5.56. The van der Waals surface area contributed by atoms with E-state index in [1.165, 1.54) is 0 Å². The van der Waals surface area contributed by atoms with E-state index in [0.29, 0.717) is 0 Å². The average molecular weight is 462 g/mol. The Hall–Kier alpha value is -2.85. The average Bonchev–Trinajstić information content (AvgIpc) is 2.94. The van der Waals surface area contributed by atoms with E-state index in [1.54, 1.807) is 12.1 Å². The van der Waals surface area contributed by atoms with Crippen molar-refractivity contribution in [2.24, 2.45) is 5.73 Å². The molecule has 0 aromatic heterocycles. The molecule has 6 nitrogen and oxygen atoms in total. The summed E-state index contributed by atoms with van der Waals surface area (Å²) in [4.78, 5) is 24.3. The second-order valence-corrected chi connectivity index (χ2v) is 9.04. The van der Waals surface area contributed by atoms with Crippen LogP contribution >= 0.6 is 0 Å². The highest BCUT2D eigenvalue weighted by atomic mass is 19.4. The standard InChI is InChI=1S/C23H26BF3N2O4/c1-21(2)22(3,4)33-24(32-21)17-11-5-14(6-12-17)13-18(19(28)30)29-20(31)15-7-9-16(10-8-15)23(25,26)27/h5-12,18H,13H2,1-4H3,(H2,28,30)(H,29,31)/t18-/m1/s1. The van der Waals surface area contributed by atoms with Gasteiger partial charge < -0.3 is 20.4 Å². The first-order valence-corrected chi connectivity index (χ1v) is 10.4. The summed E-state index contributed by atoms with van der Waals surface area (Å²) in [5.74, 6) is -1.45. The molecule has 1 saturated heterocycles. The number of halogens is 3. The van der Waals surface area contributed by atoms with Gasteiger partial charge >= 0.3 is 13.3 Å². The predicted molar refractivity (Wildman–Crippen MR) is 118 cm³/mol. The number of nitrogens with two attached hydrogens (primary N) is 1. The normalized spacial score (nSPS) is 18.1. The second-order valence-electron chi connectivity index (χ2n) is 9.04. The molecule has 0 aliphatic carbocycles. The largest absolute Gasteiger partial charge is 0.494 e. The predicted octanol–water partition coefficient (Wildman–Crippen LogP) is 2.83. The highest BCUT2D eigenvalue weighted by Gasteiger charge is 2.51. The Morgan fingerprint density at radius 2 is 1.48 bits per heavy atom. The van der Waals surface area contributed by atoms with Crippen LogP contribution in [0, 0.1) is 0 Å². The Morgan fingerprint density at radius 1 is 0.970 bits per heavy atom. The molecule has 0 spiro atoms. The molecule has 2 aromatic rings. The van der Waals surface area contributed by atoms with Crippen LogP contribution in [-0.2, 0) is 26.7 Å². The fourth-order valence-corrected chi connectivity index (χ4v) is 3.30. The number of hydrogen-bond acceptors (Lipinski definition) is 4. The van der Waals surface area contributed by atoms with Crippen LogP contribution in [0.3, 0.4) is 0 Å². The van der Waals surface area contributed by atoms with Crippen LogP contribution < -0.4 is 16.5 Å². The molecule has 2 aromatic carbocycles. The fraction of sp³-hybridized carbons (Fsp3) is 0.391. The number of carbonyl (C=O) groups is 2. The zero-order valence-corrected chi connectivity index (χ0v) is 18.8. The maximum atomic E-state index is 12.7. The Labute approximate surface area is 190 Å². The third-order valence-electron chi connectivity index (χ3n) is 6.07. The first-order chi connectivity index (χ1) is 15.2. The van der Waals surface area contributed by atoms with Crippen LogP contribution in [0.25, 0.3) is 0 Å². The molecule has 0 radical (unpaired) electrons. The van der Waals surface area contributed by atoms with Gasteiger partial charge in [0, 0.05) is 12.0 Å². The molecule has 0 bridgehead atoms. The van der Waals surface area contributed by atoms with Crippen LogP contribution in [0.5, 0.6) is 0 Å². The fourth-order valence-electron chi connectivity index (χ4n) is 3.30. The monoisotopic (exact) mass is 462 g/mol. The molecule has 33 heavy (non-hydrogen) atoms. The number of hydrogen-bond donors (Lipinski definition) is 2. The van der Waals surface area contributed by atoms with Crippen LogP contribution in [0.15, 0.2) is 48.5 Å². The van der Waals surface area contributed by atoms with E-state index < -0.39 is 47.9 Å². The lowest BCUT2D eigenvalue weighted by molar-refractivity contribution is -0.137. The molecule has 3 rings (SSSR count). The van der Waals surface area contributed by atoms with Crippen molar-refractivity contribution in [3.8, 4) is 0 Å². The number of carbonyl (C=O) groups excluding carboxylic acids is 2. The van der Waals surface area contributed by atoms with E-state index in [2.05, 4.69) is 5.32 Å². The van der Waals surface area contributed by atoms with Gasteiger partial charge in [-0.3, -0.25) is 9.59 Å². The number of rotatable bonds is 6. The van der Waals surface area contributed by atoms with Crippen molar-refractivity contribution in [3.63, 3.8) is 0 Å². The van der Waals surface area contributed by atoms with Gasteiger partial charge in [-0.25, -0.2) is 0 Å². The van der Waals surface area contributed by atoms with Crippen LogP contribution in [0.1, 0.15) is 49.2 Å². The molecule has 10 heteroatoms. The molecule has 1 heterocycles. The summed E-state index contributed by atoms with van der Waals surface area (Å²) >= 11 is 0. The third-order valence-corrected chi connectivity index (χ3v) is 6.07. The van der Waals surface area contributed by atoms with E-state index in [-0.39, 0.29) is 12.0 Å². The van der Waals surface area contributed by atoms with Gasteiger partial charge in [-0.15, -0.1) is 0 Å². The molecule has 176 valence electrons. The first-order valence-electron chi connectivity index (χ1n) is 10.4. The van der Waals surface area contributed by atoms with E-state index >= 15 is 0 Å². The quantitative estimate of drug-likeness (QED) is 0.647. The van der Waals surface area contributed by atoms with Crippen LogP contribution in [0.4, 0.5) is 13.2 Å². The molecule has 0 saturated carbocycles. The van der Waals surface area contributed by atoms with Crippen molar-refractivity contribution in [3.05, 3.63) is 65.2 Å². The topological polar surface area (TPSA) is 90.6 Å². The zero-order valence-electron chi connectivity index (χ0n) is 18.8. The minimum atomic E-state index is -4.50. The lowest BCUT2D eigenvalue weighted by Crippen LogP contribution is -2.46. The van der Waals surface area contributed by atoms with Crippen molar-refractivity contribution < 1.29 is 32.1 Å². The summed E-state index contributed by atoms with van der Waals surface area (Å²) in [7, 11) is -0.532. The Balaban J connectivity index is 1.67. The van der Waals surface area contributed by atoms with Crippen molar-refractivity contribution in [1.82, 2.24) is 5.32 Å². The molecule has 0 unspecified atom stereocenters. The van der Waals surface area contributed by atoms with Gasteiger partial charge in [0.1, 0.15) is 6.04 Å². The van der Waals surface area contributed by atoms with Gasteiger partial charge in [-0.2, -0.15) is 13.2 Å². The highest BCUT2D eigenvalue weighted by Crippen LogP contribution is 2.36. The second kappa shape index (κ2) is 8.83. The minimum Gasteiger partial charge on any atom is -0.399 e. The van der Waals surface area contributed by atoms with Gasteiger partial charge in [0.2, 0.25) is 5.91 Å². The van der Waals surface area contributed by atoms with Crippen molar-refractivity contribution in [2.45, 2.75) is 57.5 Å². The van der Waals surface area contributed by atoms with E-state index in [1.807, 2.05) is 39.8 Å². The molecule has 2 amide bonds. The van der Waals surface area contributed by atoms with E-state index in [4.69, 9.17) is 15.0 Å². The molecule has 1 aliphatic rings. The SMILES string of the molecule is CC1(C)OB(c2ccc(C[C@@H](NC(=O)c3ccc(C(F)(F)F)cc3)C(N)=O)cc2)OC1(C)C. The van der Waals surface area contributed by atoms with Gasteiger partial charge in [0.05, 0.1) is 16.8 Å². The van der Waals surface area contributed by atoms with Crippen LogP contribution in [-0.4, -0.2) is 36.2 Å². The van der Waals surface area contributed by atoms with Crippen molar-refractivity contribution in [1.29, 1.82) is 0 Å². The van der Waals surface area contributed by atoms with Gasteiger partial charge in [-0.05, 0) is 63.0 Å². The molecular weight excluding hydrogens is 436 g/mol. The Kier molecular flexibility index (Phi) is 6.63. The number of primary amides is 1. The summed E-state index contributed by atoms with van der Waals surface area (Å²) in [5, 5.41) is 2.49. The summed E-state index contributed by atoms with van der Waals surface area (Å²) in [6.07, 6.45) is -4.39. The maximum absolute atomic E-state index is 12.7.